The zero-order valence-electron chi connectivity index (χ0n) is 12.2. The van der Waals surface area contributed by atoms with Crippen molar-refractivity contribution in [3.63, 3.8) is 0 Å². The van der Waals surface area contributed by atoms with Crippen LogP contribution in [0.25, 0.3) is 22.3 Å². The Morgan fingerprint density at radius 3 is 2.59 bits per heavy atom. The zero-order valence-corrected chi connectivity index (χ0v) is 12.2. The van der Waals surface area contributed by atoms with E-state index in [1.165, 1.54) is 0 Å². The van der Waals surface area contributed by atoms with Gasteiger partial charge in [0.1, 0.15) is 17.1 Å². The van der Waals surface area contributed by atoms with Crippen molar-refractivity contribution in [1.29, 1.82) is 0 Å². The Hall–Kier alpha value is -2.75. The smallest absolute Gasteiger partial charge is 0.344 e. The van der Waals surface area contributed by atoms with Crippen molar-refractivity contribution in [3.05, 3.63) is 54.6 Å². The van der Waals surface area contributed by atoms with E-state index in [0.29, 0.717) is 12.4 Å². The molecule has 0 fully saturated rings. The Bertz CT molecular complexity index is 738. The van der Waals surface area contributed by atoms with Gasteiger partial charge in [0.2, 0.25) is 0 Å². The number of carbonyl (C=O) groups is 1. The molecular weight excluding hydrogens is 280 g/mol. The highest BCUT2D eigenvalue weighted by Gasteiger charge is 2.07. The van der Waals surface area contributed by atoms with Crippen LogP contribution < -0.4 is 4.74 Å². The predicted octanol–water partition coefficient (Wildman–Crippen LogP) is 4.04. The second-order valence-electron chi connectivity index (χ2n) is 4.77. The van der Waals surface area contributed by atoms with Gasteiger partial charge in [-0.25, -0.2) is 4.79 Å². The summed E-state index contributed by atoms with van der Waals surface area (Å²) in [6, 6.07) is 17.3. The number of fused-ring (bicyclic) bond motifs is 1. The fourth-order valence-corrected chi connectivity index (χ4v) is 2.18. The van der Waals surface area contributed by atoms with Crippen LogP contribution in [0, 0.1) is 0 Å². The SMILES string of the molecule is CCOC(=O)COc1ccc(-c2cc3ccccc3o2)cc1. The van der Waals surface area contributed by atoms with Gasteiger partial charge in [0.25, 0.3) is 0 Å². The van der Waals surface area contributed by atoms with Crippen LogP contribution in [-0.4, -0.2) is 19.2 Å². The summed E-state index contributed by atoms with van der Waals surface area (Å²) < 4.78 is 16.0. The Kier molecular flexibility index (Phi) is 4.10. The van der Waals surface area contributed by atoms with Crippen molar-refractivity contribution < 1.29 is 18.7 Å². The number of rotatable bonds is 5. The zero-order chi connectivity index (χ0) is 15.4. The molecule has 0 aliphatic carbocycles. The van der Waals surface area contributed by atoms with Crippen LogP contribution in [0.15, 0.2) is 59.0 Å². The van der Waals surface area contributed by atoms with Crippen molar-refractivity contribution >= 4 is 16.9 Å². The van der Waals surface area contributed by atoms with Crippen LogP contribution in [0.3, 0.4) is 0 Å². The van der Waals surface area contributed by atoms with E-state index in [1.54, 1.807) is 6.92 Å². The Labute approximate surface area is 128 Å². The Morgan fingerprint density at radius 2 is 1.86 bits per heavy atom. The lowest BCUT2D eigenvalue weighted by Gasteiger charge is -2.06. The second-order valence-corrected chi connectivity index (χ2v) is 4.77. The number of para-hydroxylation sites is 1. The van der Waals surface area contributed by atoms with Gasteiger partial charge >= 0.3 is 5.97 Å². The third-order valence-corrected chi connectivity index (χ3v) is 3.23. The van der Waals surface area contributed by atoms with Gasteiger partial charge in [-0.2, -0.15) is 0 Å². The largest absolute Gasteiger partial charge is 0.482 e. The monoisotopic (exact) mass is 296 g/mol. The van der Waals surface area contributed by atoms with Crippen LogP contribution in [0.5, 0.6) is 5.75 Å². The van der Waals surface area contributed by atoms with Gasteiger partial charge in [-0.3, -0.25) is 0 Å². The molecule has 0 amide bonds. The molecule has 0 aliphatic heterocycles. The fraction of sp³-hybridized carbons (Fsp3) is 0.167. The number of ether oxygens (including phenoxy) is 2. The van der Waals surface area contributed by atoms with E-state index in [0.717, 1.165) is 22.3 Å². The molecule has 0 aliphatic rings. The Balaban J connectivity index is 1.72. The standard InChI is InChI=1S/C18H16O4/c1-2-20-18(19)12-21-15-9-7-13(8-10-15)17-11-14-5-3-4-6-16(14)22-17/h3-11H,2,12H2,1H3. The molecule has 1 aromatic heterocycles. The second kappa shape index (κ2) is 6.35. The molecule has 3 rings (SSSR count). The van der Waals surface area contributed by atoms with Crippen LogP contribution >= 0.6 is 0 Å². The van der Waals surface area contributed by atoms with E-state index in [-0.39, 0.29) is 12.6 Å². The number of carbonyl (C=O) groups excluding carboxylic acids is 1. The topological polar surface area (TPSA) is 48.7 Å². The van der Waals surface area contributed by atoms with Gasteiger partial charge in [0, 0.05) is 10.9 Å². The first-order valence-corrected chi connectivity index (χ1v) is 7.13. The summed E-state index contributed by atoms with van der Waals surface area (Å²) in [7, 11) is 0. The van der Waals surface area contributed by atoms with Gasteiger partial charge < -0.3 is 13.9 Å². The van der Waals surface area contributed by atoms with Gasteiger partial charge in [-0.05, 0) is 43.3 Å². The first-order valence-electron chi connectivity index (χ1n) is 7.13. The van der Waals surface area contributed by atoms with Gasteiger partial charge in [-0.15, -0.1) is 0 Å². The molecule has 0 atom stereocenters. The molecule has 2 aromatic carbocycles. The van der Waals surface area contributed by atoms with Crippen molar-refractivity contribution in [2.24, 2.45) is 0 Å². The van der Waals surface area contributed by atoms with Crippen molar-refractivity contribution in [1.82, 2.24) is 0 Å². The molecule has 4 heteroatoms. The molecule has 0 radical (unpaired) electrons. The summed E-state index contributed by atoms with van der Waals surface area (Å²) in [4.78, 5) is 11.2. The third-order valence-electron chi connectivity index (χ3n) is 3.23. The summed E-state index contributed by atoms with van der Waals surface area (Å²) in [6.45, 7) is 2.03. The number of furan rings is 1. The number of hydrogen-bond donors (Lipinski definition) is 0. The molecule has 3 aromatic rings. The van der Waals surface area contributed by atoms with E-state index in [2.05, 4.69) is 0 Å². The van der Waals surface area contributed by atoms with Crippen molar-refractivity contribution in [2.45, 2.75) is 6.92 Å². The van der Waals surface area contributed by atoms with Crippen LogP contribution in [-0.2, 0) is 9.53 Å². The molecule has 22 heavy (non-hydrogen) atoms. The van der Waals surface area contributed by atoms with E-state index in [1.807, 2.05) is 54.6 Å². The number of hydrogen-bond acceptors (Lipinski definition) is 4. The minimum absolute atomic E-state index is 0.0855. The third kappa shape index (κ3) is 3.11. The van der Waals surface area contributed by atoms with Crippen molar-refractivity contribution in [3.8, 4) is 17.1 Å². The van der Waals surface area contributed by atoms with Gasteiger partial charge in [0.05, 0.1) is 6.61 Å². The van der Waals surface area contributed by atoms with Gasteiger partial charge in [-0.1, -0.05) is 18.2 Å². The lowest BCUT2D eigenvalue weighted by Crippen LogP contribution is -2.14. The highest BCUT2D eigenvalue weighted by molar-refractivity contribution is 5.82. The molecule has 0 bridgehead atoms. The minimum Gasteiger partial charge on any atom is -0.482 e. The molecule has 0 saturated heterocycles. The molecule has 0 unspecified atom stereocenters. The van der Waals surface area contributed by atoms with E-state index in [4.69, 9.17) is 13.9 Å². The van der Waals surface area contributed by atoms with E-state index in [9.17, 15) is 4.79 Å². The van der Waals surface area contributed by atoms with Crippen molar-refractivity contribution in [2.75, 3.05) is 13.2 Å². The minimum atomic E-state index is -0.371. The van der Waals surface area contributed by atoms with E-state index >= 15 is 0 Å². The first-order chi connectivity index (χ1) is 10.8. The van der Waals surface area contributed by atoms with Crippen LogP contribution in [0.4, 0.5) is 0 Å². The predicted molar refractivity (Wildman–Crippen MR) is 83.8 cm³/mol. The summed E-state index contributed by atoms with van der Waals surface area (Å²) in [5.41, 5.74) is 1.82. The first kappa shape index (κ1) is 14.2. The maximum Gasteiger partial charge on any atom is 0.344 e. The van der Waals surface area contributed by atoms with Gasteiger partial charge in [0.15, 0.2) is 6.61 Å². The molecule has 0 spiro atoms. The molecule has 0 N–H and O–H groups in total. The molecule has 1 heterocycles. The highest BCUT2D eigenvalue weighted by Crippen LogP contribution is 2.28. The average molecular weight is 296 g/mol. The molecule has 0 saturated carbocycles. The lowest BCUT2D eigenvalue weighted by atomic mass is 10.1. The molecular formula is C18H16O4. The highest BCUT2D eigenvalue weighted by atomic mass is 16.6. The summed E-state index contributed by atoms with van der Waals surface area (Å²) in [5.74, 6) is 1.05. The fourth-order valence-electron chi connectivity index (χ4n) is 2.18. The Morgan fingerprint density at radius 1 is 1.09 bits per heavy atom. The maximum absolute atomic E-state index is 11.2. The summed E-state index contributed by atoms with van der Waals surface area (Å²) in [6.07, 6.45) is 0. The molecule has 4 nitrogen and oxygen atoms in total. The van der Waals surface area contributed by atoms with Crippen LogP contribution in [0.2, 0.25) is 0 Å². The average Bonchev–Trinajstić information content (AvgIpc) is 2.98. The molecule has 112 valence electrons. The van der Waals surface area contributed by atoms with E-state index < -0.39 is 0 Å². The van der Waals surface area contributed by atoms with Crippen LogP contribution in [0.1, 0.15) is 6.92 Å². The number of benzene rings is 2. The summed E-state index contributed by atoms with van der Waals surface area (Å²) >= 11 is 0. The normalized spacial score (nSPS) is 10.6. The lowest BCUT2D eigenvalue weighted by molar-refractivity contribution is -0.145. The maximum atomic E-state index is 11.2. The number of esters is 1. The summed E-state index contributed by atoms with van der Waals surface area (Å²) in [5, 5.41) is 1.07. The quantitative estimate of drug-likeness (QED) is 0.667.